The molecule has 0 atom stereocenters. The molecule has 0 bridgehead atoms. The highest BCUT2D eigenvalue weighted by Gasteiger charge is 2.15. The predicted octanol–water partition coefficient (Wildman–Crippen LogP) is 2.71. The molecule has 0 amide bonds. The Bertz CT molecular complexity index is 450. The number of rotatable bonds is 5. The Morgan fingerprint density at radius 3 is 3.06 bits per heavy atom. The minimum Gasteiger partial charge on any atom is -0.375 e. The summed E-state index contributed by atoms with van der Waals surface area (Å²) in [5.41, 5.74) is 2.21. The number of ether oxygens (including phenoxy) is 1. The average Bonchev–Trinajstić information content (AvgIpc) is 2.72. The van der Waals surface area contributed by atoms with E-state index < -0.39 is 13.0 Å². The maximum absolute atomic E-state index is 11.8. The standard InChI is InChI=1S/C10H12F2N2OS2/c11-8(12)3-15-2-1-9-13-7-5-17-4-6(7)10(16)14-9/h8H,1-5H2,(H,13,14,16). The summed E-state index contributed by atoms with van der Waals surface area (Å²) in [5, 5.41) is 0. The van der Waals surface area contributed by atoms with Gasteiger partial charge in [-0.05, 0) is 0 Å². The van der Waals surface area contributed by atoms with E-state index in [2.05, 4.69) is 9.97 Å². The molecule has 7 heteroatoms. The van der Waals surface area contributed by atoms with Crippen molar-refractivity contribution in [1.82, 2.24) is 9.97 Å². The number of nitrogens with zero attached hydrogens (tertiary/aromatic N) is 1. The van der Waals surface area contributed by atoms with Gasteiger partial charge in [0.2, 0.25) is 0 Å². The molecule has 1 aliphatic heterocycles. The van der Waals surface area contributed by atoms with Gasteiger partial charge in [-0.15, -0.1) is 0 Å². The van der Waals surface area contributed by atoms with Crippen LogP contribution in [0, 0.1) is 4.64 Å². The van der Waals surface area contributed by atoms with Crippen LogP contribution in [-0.2, 0) is 22.7 Å². The van der Waals surface area contributed by atoms with E-state index in [-0.39, 0.29) is 6.61 Å². The number of halogens is 2. The first kappa shape index (κ1) is 12.9. The molecule has 1 aliphatic rings. The van der Waals surface area contributed by atoms with Crippen molar-refractivity contribution in [3.8, 4) is 0 Å². The van der Waals surface area contributed by atoms with E-state index in [4.69, 9.17) is 17.0 Å². The van der Waals surface area contributed by atoms with E-state index in [9.17, 15) is 8.78 Å². The third kappa shape index (κ3) is 3.46. The summed E-state index contributed by atoms with van der Waals surface area (Å²) in [7, 11) is 0. The topological polar surface area (TPSA) is 37.9 Å². The number of hydrogen-bond acceptors (Lipinski definition) is 4. The lowest BCUT2D eigenvalue weighted by atomic mass is 10.2. The van der Waals surface area contributed by atoms with Crippen molar-refractivity contribution in [3.63, 3.8) is 0 Å². The molecule has 1 aromatic heterocycles. The SMILES string of the molecule is FC(F)COCCc1nc(=S)c2c([nH]1)CSC2. The molecule has 0 aliphatic carbocycles. The Morgan fingerprint density at radius 1 is 1.47 bits per heavy atom. The zero-order valence-electron chi connectivity index (χ0n) is 9.04. The summed E-state index contributed by atoms with van der Waals surface area (Å²) in [6, 6.07) is 0. The Hall–Kier alpha value is -0.530. The van der Waals surface area contributed by atoms with Crippen molar-refractivity contribution in [2.75, 3.05) is 13.2 Å². The van der Waals surface area contributed by atoms with Gasteiger partial charge in [-0.3, -0.25) is 0 Å². The number of nitrogens with one attached hydrogen (secondary N) is 1. The zero-order valence-corrected chi connectivity index (χ0v) is 10.7. The highest BCUT2D eigenvalue weighted by atomic mass is 32.2. The Balaban J connectivity index is 1.94. The van der Waals surface area contributed by atoms with Gasteiger partial charge < -0.3 is 9.72 Å². The lowest BCUT2D eigenvalue weighted by molar-refractivity contribution is 0.0182. The normalized spacial score (nSPS) is 14.3. The molecule has 0 fully saturated rings. The van der Waals surface area contributed by atoms with E-state index >= 15 is 0 Å². The van der Waals surface area contributed by atoms with Crippen molar-refractivity contribution < 1.29 is 13.5 Å². The van der Waals surface area contributed by atoms with Gasteiger partial charge in [0.05, 0.1) is 6.61 Å². The first-order valence-corrected chi connectivity index (χ1v) is 6.77. The first-order valence-electron chi connectivity index (χ1n) is 5.21. The highest BCUT2D eigenvalue weighted by molar-refractivity contribution is 7.98. The van der Waals surface area contributed by atoms with Gasteiger partial charge in [-0.1, -0.05) is 12.2 Å². The van der Waals surface area contributed by atoms with Crippen molar-refractivity contribution in [3.05, 3.63) is 21.7 Å². The summed E-state index contributed by atoms with van der Waals surface area (Å²) in [5.74, 6) is 2.53. The maximum atomic E-state index is 11.8. The van der Waals surface area contributed by atoms with Crippen LogP contribution in [0.4, 0.5) is 8.78 Å². The quantitative estimate of drug-likeness (QED) is 0.664. The largest absolute Gasteiger partial charge is 0.375 e. The molecular formula is C10H12F2N2OS2. The third-order valence-electron chi connectivity index (χ3n) is 2.37. The fourth-order valence-corrected chi connectivity index (χ4v) is 3.05. The van der Waals surface area contributed by atoms with E-state index in [1.165, 1.54) is 0 Å². The van der Waals surface area contributed by atoms with E-state index in [1.807, 2.05) is 0 Å². The number of H-pyrrole nitrogens is 1. The number of thioether (sulfide) groups is 1. The number of fused-ring (bicyclic) bond motifs is 1. The van der Waals surface area contributed by atoms with E-state index in [1.54, 1.807) is 11.8 Å². The number of aromatic nitrogens is 2. The molecule has 0 saturated carbocycles. The van der Waals surface area contributed by atoms with Crippen molar-refractivity contribution in [2.45, 2.75) is 24.4 Å². The van der Waals surface area contributed by atoms with Gasteiger partial charge >= 0.3 is 0 Å². The van der Waals surface area contributed by atoms with Crippen molar-refractivity contribution in [2.24, 2.45) is 0 Å². The maximum Gasteiger partial charge on any atom is 0.261 e. The second kappa shape index (κ2) is 5.88. The summed E-state index contributed by atoms with van der Waals surface area (Å²) in [6.07, 6.45) is -1.94. The van der Waals surface area contributed by atoms with Crippen LogP contribution in [0.15, 0.2) is 0 Å². The molecule has 2 rings (SSSR count). The molecule has 1 N–H and O–H groups in total. The Morgan fingerprint density at radius 2 is 2.29 bits per heavy atom. The Kier molecular flexibility index (Phi) is 4.47. The number of aromatic amines is 1. The van der Waals surface area contributed by atoms with E-state index in [0.29, 0.717) is 16.9 Å². The van der Waals surface area contributed by atoms with Crippen LogP contribution >= 0.6 is 24.0 Å². The molecule has 0 aromatic carbocycles. The molecule has 94 valence electrons. The molecule has 0 radical (unpaired) electrons. The second-order valence-electron chi connectivity index (χ2n) is 3.65. The first-order chi connectivity index (χ1) is 8.16. The van der Waals surface area contributed by atoms with Crippen molar-refractivity contribution in [1.29, 1.82) is 0 Å². The fraction of sp³-hybridized carbons (Fsp3) is 0.600. The Labute approximate surface area is 107 Å². The molecule has 1 aromatic rings. The average molecular weight is 278 g/mol. The summed E-state index contributed by atoms with van der Waals surface area (Å²) < 4.78 is 29.1. The second-order valence-corrected chi connectivity index (χ2v) is 5.03. The molecule has 3 nitrogen and oxygen atoms in total. The lowest BCUT2D eigenvalue weighted by Crippen LogP contribution is -2.09. The summed E-state index contributed by atoms with van der Waals surface area (Å²) >= 11 is 6.97. The van der Waals surface area contributed by atoms with E-state index in [0.717, 1.165) is 22.8 Å². The number of alkyl halides is 2. The molecule has 2 heterocycles. The number of hydrogen-bond donors (Lipinski definition) is 1. The van der Waals surface area contributed by atoms with Crippen LogP contribution in [0.3, 0.4) is 0 Å². The smallest absolute Gasteiger partial charge is 0.261 e. The van der Waals surface area contributed by atoms with Gasteiger partial charge in [0, 0.05) is 29.2 Å². The molecule has 0 spiro atoms. The van der Waals surface area contributed by atoms with Gasteiger partial charge in [0.25, 0.3) is 6.43 Å². The zero-order chi connectivity index (χ0) is 12.3. The van der Waals surface area contributed by atoms with Crippen LogP contribution in [0.1, 0.15) is 17.1 Å². The van der Waals surface area contributed by atoms with Gasteiger partial charge in [0.1, 0.15) is 17.1 Å². The molecule has 17 heavy (non-hydrogen) atoms. The van der Waals surface area contributed by atoms with Crippen molar-refractivity contribution >= 4 is 24.0 Å². The molecular weight excluding hydrogens is 266 g/mol. The van der Waals surface area contributed by atoms with Gasteiger partial charge in [-0.2, -0.15) is 11.8 Å². The minimum absolute atomic E-state index is 0.231. The molecule has 0 unspecified atom stereocenters. The minimum atomic E-state index is -2.42. The third-order valence-corrected chi connectivity index (χ3v) is 3.70. The summed E-state index contributed by atoms with van der Waals surface area (Å²) in [6.45, 7) is -0.296. The molecule has 0 saturated heterocycles. The van der Waals surface area contributed by atoms with Crippen LogP contribution in [0.25, 0.3) is 0 Å². The highest BCUT2D eigenvalue weighted by Crippen LogP contribution is 2.28. The monoisotopic (exact) mass is 278 g/mol. The van der Waals surface area contributed by atoms with Crippen LogP contribution in [-0.4, -0.2) is 29.6 Å². The summed E-state index contributed by atoms with van der Waals surface area (Å²) in [4.78, 5) is 7.43. The van der Waals surface area contributed by atoms with Crippen LogP contribution < -0.4 is 0 Å². The van der Waals surface area contributed by atoms with Gasteiger partial charge in [0.15, 0.2) is 0 Å². The van der Waals surface area contributed by atoms with Gasteiger partial charge in [-0.25, -0.2) is 13.8 Å². The fourth-order valence-electron chi connectivity index (χ4n) is 1.58. The predicted molar refractivity (Wildman–Crippen MR) is 64.9 cm³/mol. The van der Waals surface area contributed by atoms with Crippen LogP contribution in [0.5, 0.6) is 0 Å². The lowest BCUT2D eigenvalue weighted by Gasteiger charge is -2.06. The van der Waals surface area contributed by atoms with Crippen LogP contribution in [0.2, 0.25) is 0 Å².